The number of aromatic nitrogens is 1. The van der Waals surface area contributed by atoms with Gasteiger partial charge in [0, 0.05) is 12.3 Å². The maximum Gasteiger partial charge on any atom is 0.278 e. The van der Waals surface area contributed by atoms with Crippen LogP contribution in [0.3, 0.4) is 0 Å². The molecule has 0 spiro atoms. The predicted octanol–water partition coefficient (Wildman–Crippen LogP) is 3.65. The summed E-state index contributed by atoms with van der Waals surface area (Å²) in [5.41, 5.74) is 1.70. The van der Waals surface area contributed by atoms with Crippen molar-refractivity contribution in [1.82, 2.24) is 9.58 Å². The van der Waals surface area contributed by atoms with Gasteiger partial charge in [-0.25, -0.2) is 4.39 Å². The van der Waals surface area contributed by atoms with Gasteiger partial charge in [0.25, 0.3) is 5.91 Å². The fraction of sp³-hybridized carbons (Fsp3) is 0.280. The van der Waals surface area contributed by atoms with Gasteiger partial charge in [-0.05, 0) is 24.0 Å². The number of carbonyl (C=O) groups is 1. The van der Waals surface area contributed by atoms with Crippen molar-refractivity contribution >= 4 is 5.91 Å². The van der Waals surface area contributed by atoms with E-state index < -0.39 is 12.1 Å². The van der Waals surface area contributed by atoms with E-state index in [1.165, 1.54) is 11.0 Å². The van der Waals surface area contributed by atoms with Crippen LogP contribution >= 0.6 is 0 Å². The van der Waals surface area contributed by atoms with Crippen LogP contribution in [-0.2, 0) is 6.61 Å². The number of ether oxygens (including phenoxy) is 1. The van der Waals surface area contributed by atoms with Crippen molar-refractivity contribution in [2.75, 3.05) is 18.2 Å². The van der Waals surface area contributed by atoms with Gasteiger partial charge >= 0.3 is 0 Å². The number of halogens is 1. The molecule has 1 saturated heterocycles. The van der Waals surface area contributed by atoms with Crippen LogP contribution in [0, 0.1) is 0 Å². The summed E-state index contributed by atoms with van der Waals surface area (Å²) >= 11 is 0. The molecule has 3 heterocycles. The van der Waals surface area contributed by atoms with Crippen LogP contribution in [0.1, 0.15) is 40.5 Å². The maximum absolute atomic E-state index is 14.7. The fourth-order valence-corrected chi connectivity index (χ4v) is 4.47. The first kappa shape index (κ1) is 20.3. The predicted molar refractivity (Wildman–Crippen MR) is 119 cm³/mol. The minimum absolute atomic E-state index is 0.00107. The van der Waals surface area contributed by atoms with Crippen molar-refractivity contribution in [3.8, 4) is 5.75 Å². The zero-order valence-corrected chi connectivity index (χ0v) is 17.6. The highest BCUT2D eigenvalue weighted by Crippen LogP contribution is 2.33. The Balaban J connectivity index is 1.59. The third-order valence-corrected chi connectivity index (χ3v) is 6.06. The Morgan fingerprint density at radius 1 is 0.938 bits per heavy atom. The topological polar surface area (TPSA) is 54.8 Å². The molecule has 3 aromatic rings. The SMILES string of the molecule is O=C1c2c(OCc3ccccc3)c(=O)ccn2N2CN1CC(F)CCC2c1ccccc1. The lowest BCUT2D eigenvalue weighted by atomic mass is 9.98. The second kappa shape index (κ2) is 8.49. The van der Waals surface area contributed by atoms with Crippen LogP contribution in [0.15, 0.2) is 77.7 Å². The third kappa shape index (κ3) is 3.75. The minimum Gasteiger partial charge on any atom is -0.482 e. The molecule has 0 N–H and O–H groups in total. The second-order valence-corrected chi connectivity index (χ2v) is 8.19. The van der Waals surface area contributed by atoms with Crippen LogP contribution in [0.4, 0.5) is 4.39 Å². The summed E-state index contributed by atoms with van der Waals surface area (Å²) in [4.78, 5) is 27.6. The molecule has 2 aliphatic rings. The van der Waals surface area contributed by atoms with Gasteiger partial charge < -0.3 is 9.64 Å². The van der Waals surface area contributed by atoms with Gasteiger partial charge in [0.15, 0.2) is 11.4 Å². The summed E-state index contributed by atoms with van der Waals surface area (Å²) in [5, 5.41) is 2.02. The van der Waals surface area contributed by atoms with Crippen molar-refractivity contribution in [1.29, 1.82) is 0 Å². The summed E-state index contributed by atoms with van der Waals surface area (Å²) < 4.78 is 22.3. The van der Waals surface area contributed by atoms with Gasteiger partial charge in [0.05, 0.1) is 12.6 Å². The molecule has 6 nitrogen and oxygen atoms in total. The van der Waals surface area contributed by atoms with Crippen molar-refractivity contribution in [2.24, 2.45) is 0 Å². The number of hydrogen-bond acceptors (Lipinski definition) is 4. The molecule has 2 aliphatic heterocycles. The number of pyridine rings is 1. The highest BCUT2D eigenvalue weighted by molar-refractivity contribution is 5.96. The van der Waals surface area contributed by atoms with Gasteiger partial charge in [-0.1, -0.05) is 60.7 Å². The molecule has 2 atom stereocenters. The molecule has 0 saturated carbocycles. The van der Waals surface area contributed by atoms with Crippen molar-refractivity contribution in [2.45, 2.75) is 31.7 Å². The van der Waals surface area contributed by atoms with Crippen LogP contribution in [-0.4, -0.2) is 34.9 Å². The smallest absolute Gasteiger partial charge is 0.278 e. The molecule has 1 aromatic heterocycles. The Morgan fingerprint density at radius 3 is 2.41 bits per heavy atom. The van der Waals surface area contributed by atoms with E-state index in [1.54, 1.807) is 10.9 Å². The van der Waals surface area contributed by atoms with E-state index in [0.29, 0.717) is 12.8 Å². The number of nitrogens with zero attached hydrogens (tertiary/aromatic N) is 3. The maximum atomic E-state index is 14.7. The van der Waals surface area contributed by atoms with Crippen LogP contribution < -0.4 is 15.2 Å². The van der Waals surface area contributed by atoms with Crippen LogP contribution in [0.2, 0.25) is 0 Å². The van der Waals surface area contributed by atoms with E-state index in [4.69, 9.17) is 4.74 Å². The van der Waals surface area contributed by atoms with Gasteiger partial charge in [0.1, 0.15) is 19.4 Å². The first-order valence-electron chi connectivity index (χ1n) is 10.8. The Morgan fingerprint density at radius 2 is 1.66 bits per heavy atom. The molecule has 32 heavy (non-hydrogen) atoms. The first-order valence-corrected chi connectivity index (χ1v) is 10.8. The Kier molecular flexibility index (Phi) is 5.39. The quantitative estimate of drug-likeness (QED) is 0.630. The number of hydrogen-bond donors (Lipinski definition) is 0. The Labute approximate surface area is 185 Å². The Hall–Kier alpha value is -3.61. The monoisotopic (exact) mass is 433 g/mol. The summed E-state index contributed by atoms with van der Waals surface area (Å²) in [6.07, 6.45) is 1.45. The molecule has 7 heteroatoms. The van der Waals surface area contributed by atoms with Crippen LogP contribution in [0.25, 0.3) is 0 Å². The van der Waals surface area contributed by atoms with E-state index in [-0.39, 0.29) is 42.7 Å². The van der Waals surface area contributed by atoms with E-state index in [1.807, 2.05) is 65.7 Å². The average Bonchev–Trinajstić information content (AvgIpc) is 2.81. The van der Waals surface area contributed by atoms with Gasteiger partial charge in [-0.15, -0.1) is 0 Å². The van der Waals surface area contributed by atoms with E-state index in [2.05, 4.69) is 0 Å². The third-order valence-electron chi connectivity index (χ3n) is 6.06. The normalized spacial score (nSPS) is 20.3. The lowest BCUT2D eigenvalue weighted by molar-refractivity contribution is 0.0574. The molecule has 2 unspecified atom stereocenters. The molecule has 0 aliphatic carbocycles. The number of alkyl halides is 1. The van der Waals surface area contributed by atoms with Crippen molar-refractivity contribution in [3.63, 3.8) is 0 Å². The van der Waals surface area contributed by atoms with Gasteiger partial charge in [0.2, 0.25) is 5.43 Å². The van der Waals surface area contributed by atoms with E-state index in [0.717, 1.165) is 11.1 Å². The molecular formula is C25H24FN3O3. The number of fused-ring (bicyclic) bond motifs is 4. The molecule has 1 fully saturated rings. The fourth-order valence-electron chi connectivity index (χ4n) is 4.47. The summed E-state index contributed by atoms with van der Waals surface area (Å²) in [6.45, 7) is 0.402. The van der Waals surface area contributed by atoms with Crippen molar-refractivity contribution in [3.05, 3.63) is 100.0 Å². The molecule has 5 rings (SSSR count). The summed E-state index contributed by atoms with van der Waals surface area (Å²) in [7, 11) is 0. The van der Waals surface area contributed by atoms with Crippen LogP contribution in [0.5, 0.6) is 5.75 Å². The van der Waals surface area contributed by atoms with E-state index in [9.17, 15) is 14.0 Å². The Bertz CT molecular complexity index is 1170. The molecule has 164 valence electrons. The van der Waals surface area contributed by atoms with Gasteiger partial charge in [-0.3, -0.25) is 19.3 Å². The standard InChI is InChI=1S/C25H24FN3O3/c26-20-11-12-21(19-9-5-2-6-10-19)29-17-27(15-20)25(31)23-24(22(30)13-14-28(23)29)32-16-18-7-3-1-4-8-18/h1-10,13-14,20-21H,11-12,15-17H2. The zero-order chi connectivity index (χ0) is 22.1. The lowest BCUT2D eigenvalue weighted by Crippen LogP contribution is -2.57. The molecule has 0 radical (unpaired) electrons. The largest absolute Gasteiger partial charge is 0.482 e. The summed E-state index contributed by atoms with van der Waals surface area (Å²) in [6, 6.07) is 20.6. The second-order valence-electron chi connectivity index (χ2n) is 8.19. The number of amides is 1. The first-order chi connectivity index (χ1) is 15.6. The number of benzene rings is 2. The minimum atomic E-state index is -1.12. The number of carbonyl (C=O) groups excluding carboxylic acids is 1. The molecular weight excluding hydrogens is 409 g/mol. The van der Waals surface area contributed by atoms with Crippen molar-refractivity contribution < 1.29 is 13.9 Å². The number of rotatable bonds is 4. The molecule has 2 bridgehead atoms. The highest BCUT2D eigenvalue weighted by atomic mass is 19.1. The molecule has 2 aromatic carbocycles. The zero-order valence-electron chi connectivity index (χ0n) is 17.6. The van der Waals surface area contributed by atoms with E-state index >= 15 is 0 Å². The molecule has 1 amide bonds. The lowest BCUT2D eigenvalue weighted by Gasteiger charge is -2.46. The summed E-state index contributed by atoms with van der Waals surface area (Å²) in [5.74, 6) is -0.391. The van der Waals surface area contributed by atoms with Gasteiger partial charge in [-0.2, -0.15) is 0 Å². The average molecular weight is 433 g/mol. The highest BCUT2D eigenvalue weighted by Gasteiger charge is 2.39.